The molecular weight excluding hydrogens is 307 g/mol. The minimum absolute atomic E-state index is 0.114. The molecule has 1 aromatic rings. The summed E-state index contributed by atoms with van der Waals surface area (Å²) in [6, 6.07) is 6.38. The first-order chi connectivity index (χ1) is 9.06. The van der Waals surface area contributed by atoms with Crippen LogP contribution in [0.2, 0.25) is 0 Å². The van der Waals surface area contributed by atoms with Gasteiger partial charge in [0.25, 0.3) is 0 Å². The third kappa shape index (κ3) is 4.26. The van der Waals surface area contributed by atoms with E-state index in [1.54, 1.807) is 6.07 Å². The lowest BCUT2D eigenvalue weighted by Gasteiger charge is -2.26. The predicted octanol–water partition coefficient (Wildman–Crippen LogP) is 3.55. The second-order valence-electron chi connectivity index (χ2n) is 5.57. The van der Waals surface area contributed by atoms with Gasteiger partial charge in [0.05, 0.1) is 0 Å². The Kier molecular flexibility index (Phi) is 5.37. The number of benzene rings is 1. The first kappa shape index (κ1) is 14.9. The molecule has 4 heteroatoms. The molecule has 1 aromatic carbocycles. The van der Waals surface area contributed by atoms with Crippen molar-refractivity contribution in [3.8, 4) is 0 Å². The molecule has 1 saturated heterocycles. The van der Waals surface area contributed by atoms with Crippen molar-refractivity contribution in [1.29, 1.82) is 0 Å². The van der Waals surface area contributed by atoms with Crippen LogP contribution in [0.25, 0.3) is 0 Å². The molecule has 1 heterocycles. The van der Waals surface area contributed by atoms with Crippen molar-refractivity contribution in [2.75, 3.05) is 13.1 Å². The molecule has 1 N–H and O–H groups in total. The fourth-order valence-corrected chi connectivity index (χ4v) is 2.91. The SMILES string of the molecule is CC(C)NCC1CCCN1Cc1ccc(Br)cc1F. The van der Waals surface area contributed by atoms with Crippen LogP contribution in [0.3, 0.4) is 0 Å². The summed E-state index contributed by atoms with van der Waals surface area (Å²) in [7, 11) is 0. The van der Waals surface area contributed by atoms with E-state index in [-0.39, 0.29) is 5.82 Å². The van der Waals surface area contributed by atoms with Crippen LogP contribution in [-0.4, -0.2) is 30.1 Å². The topological polar surface area (TPSA) is 15.3 Å². The molecule has 1 aliphatic heterocycles. The summed E-state index contributed by atoms with van der Waals surface area (Å²) < 4.78 is 14.7. The smallest absolute Gasteiger partial charge is 0.128 e. The summed E-state index contributed by atoms with van der Waals surface area (Å²) in [5.74, 6) is -0.114. The molecule has 106 valence electrons. The van der Waals surface area contributed by atoms with E-state index in [1.807, 2.05) is 12.1 Å². The van der Waals surface area contributed by atoms with Crippen LogP contribution in [0, 0.1) is 5.82 Å². The number of nitrogens with one attached hydrogen (secondary N) is 1. The van der Waals surface area contributed by atoms with Crippen LogP contribution in [0.1, 0.15) is 32.3 Å². The molecule has 1 atom stereocenters. The first-order valence-corrected chi connectivity index (χ1v) is 7.77. The maximum absolute atomic E-state index is 13.9. The normalized spacial score (nSPS) is 20.4. The molecule has 1 aliphatic rings. The van der Waals surface area contributed by atoms with Gasteiger partial charge < -0.3 is 5.32 Å². The van der Waals surface area contributed by atoms with E-state index in [9.17, 15) is 4.39 Å². The van der Waals surface area contributed by atoms with Crippen molar-refractivity contribution < 1.29 is 4.39 Å². The Hall–Kier alpha value is -0.450. The lowest BCUT2D eigenvalue weighted by Crippen LogP contribution is -2.39. The first-order valence-electron chi connectivity index (χ1n) is 6.97. The summed E-state index contributed by atoms with van der Waals surface area (Å²) in [5.41, 5.74) is 0.791. The monoisotopic (exact) mass is 328 g/mol. The zero-order valence-electron chi connectivity index (χ0n) is 11.6. The van der Waals surface area contributed by atoms with Crippen LogP contribution < -0.4 is 5.32 Å². The molecule has 19 heavy (non-hydrogen) atoms. The maximum atomic E-state index is 13.9. The van der Waals surface area contributed by atoms with Gasteiger partial charge in [0.1, 0.15) is 5.82 Å². The van der Waals surface area contributed by atoms with E-state index in [0.717, 1.165) is 23.1 Å². The third-order valence-corrected chi connectivity index (χ3v) is 4.14. The van der Waals surface area contributed by atoms with Gasteiger partial charge >= 0.3 is 0 Å². The zero-order chi connectivity index (χ0) is 13.8. The fraction of sp³-hybridized carbons (Fsp3) is 0.600. The molecule has 0 amide bonds. The molecule has 0 radical (unpaired) electrons. The Morgan fingerprint density at radius 3 is 2.95 bits per heavy atom. The Bertz CT molecular complexity index is 423. The Morgan fingerprint density at radius 2 is 2.26 bits per heavy atom. The van der Waals surface area contributed by atoms with E-state index in [0.29, 0.717) is 18.6 Å². The highest BCUT2D eigenvalue weighted by atomic mass is 79.9. The predicted molar refractivity (Wildman–Crippen MR) is 80.7 cm³/mol. The summed E-state index contributed by atoms with van der Waals surface area (Å²) in [4.78, 5) is 2.39. The van der Waals surface area contributed by atoms with Gasteiger partial charge in [0.2, 0.25) is 0 Å². The lowest BCUT2D eigenvalue weighted by atomic mass is 10.1. The summed E-state index contributed by atoms with van der Waals surface area (Å²) in [6.45, 7) is 7.10. The highest BCUT2D eigenvalue weighted by molar-refractivity contribution is 9.10. The Labute approximate surface area is 123 Å². The van der Waals surface area contributed by atoms with Gasteiger partial charge in [-0.1, -0.05) is 35.8 Å². The van der Waals surface area contributed by atoms with Gasteiger partial charge in [-0.15, -0.1) is 0 Å². The van der Waals surface area contributed by atoms with E-state index in [4.69, 9.17) is 0 Å². The average Bonchev–Trinajstić information content (AvgIpc) is 2.77. The fourth-order valence-electron chi connectivity index (χ4n) is 2.57. The van der Waals surface area contributed by atoms with Crippen LogP contribution in [0.5, 0.6) is 0 Å². The molecule has 0 spiro atoms. The van der Waals surface area contributed by atoms with Crippen molar-refractivity contribution in [2.45, 2.75) is 45.3 Å². The molecule has 2 rings (SSSR count). The third-order valence-electron chi connectivity index (χ3n) is 3.65. The van der Waals surface area contributed by atoms with E-state index >= 15 is 0 Å². The van der Waals surface area contributed by atoms with Gasteiger partial charge in [0, 0.05) is 35.2 Å². The number of rotatable bonds is 5. The number of hydrogen-bond acceptors (Lipinski definition) is 2. The summed E-state index contributed by atoms with van der Waals surface area (Å²) in [6.07, 6.45) is 2.42. The zero-order valence-corrected chi connectivity index (χ0v) is 13.2. The Balaban J connectivity index is 1.97. The van der Waals surface area contributed by atoms with Crippen molar-refractivity contribution in [1.82, 2.24) is 10.2 Å². The minimum Gasteiger partial charge on any atom is -0.313 e. The highest BCUT2D eigenvalue weighted by Gasteiger charge is 2.25. The van der Waals surface area contributed by atoms with Gasteiger partial charge in [-0.2, -0.15) is 0 Å². The van der Waals surface area contributed by atoms with Gasteiger partial charge in [0.15, 0.2) is 0 Å². The molecule has 0 aromatic heterocycles. The van der Waals surface area contributed by atoms with Crippen molar-refractivity contribution in [3.63, 3.8) is 0 Å². The molecule has 2 nitrogen and oxygen atoms in total. The molecule has 0 bridgehead atoms. The number of nitrogens with zero attached hydrogens (tertiary/aromatic N) is 1. The van der Waals surface area contributed by atoms with Gasteiger partial charge in [-0.05, 0) is 31.5 Å². The van der Waals surface area contributed by atoms with Crippen LogP contribution in [-0.2, 0) is 6.54 Å². The maximum Gasteiger partial charge on any atom is 0.128 e. The van der Waals surface area contributed by atoms with Crippen LogP contribution in [0.15, 0.2) is 22.7 Å². The number of halogens is 2. The van der Waals surface area contributed by atoms with Crippen molar-refractivity contribution in [3.05, 3.63) is 34.1 Å². The number of likely N-dealkylation sites (tertiary alicyclic amines) is 1. The Morgan fingerprint density at radius 1 is 1.47 bits per heavy atom. The molecular formula is C15H22BrFN2. The van der Waals surface area contributed by atoms with E-state index < -0.39 is 0 Å². The lowest BCUT2D eigenvalue weighted by molar-refractivity contribution is 0.233. The standard InChI is InChI=1S/C15H22BrFN2/c1-11(2)18-9-14-4-3-7-19(14)10-12-5-6-13(16)8-15(12)17/h5-6,8,11,14,18H,3-4,7,9-10H2,1-2H3. The summed E-state index contributed by atoms with van der Waals surface area (Å²) in [5, 5.41) is 3.48. The second kappa shape index (κ2) is 6.82. The molecule has 1 fully saturated rings. The summed E-state index contributed by atoms with van der Waals surface area (Å²) >= 11 is 3.30. The largest absolute Gasteiger partial charge is 0.313 e. The van der Waals surface area contributed by atoms with Gasteiger partial charge in [-0.3, -0.25) is 4.90 Å². The van der Waals surface area contributed by atoms with Gasteiger partial charge in [-0.25, -0.2) is 4.39 Å². The molecule has 0 aliphatic carbocycles. The number of hydrogen-bond donors (Lipinski definition) is 1. The van der Waals surface area contributed by atoms with Crippen LogP contribution in [0.4, 0.5) is 4.39 Å². The highest BCUT2D eigenvalue weighted by Crippen LogP contribution is 2.22. The average molecular weight is 329 g/mol. The quantitative estimate of drug-likeness (QED) is 0.889. The molecule has 0 saturated carbocycles. The van der Waals surface area contributed by atoms with E-state index in [1.165, 1.54) is 12.8 Å². The van der Waals surface area contributed by atoms with Crippen molar-refractivity contribution in [2.24, 2.45) is 0 Å². The molecule has 1 unspecified atom stereocenters. The second-order valence-corrected chi connectivity index (χ2v) is 6.48. The van der Waals surface area contributed by atoms with Crippen LogP contribution >= 0.6 is 15.9 Å². The minimum atomic E-state index is -0.114. The van der Waals surface area contributed by atoms with E-state index in [2.05, 4.69) is 40.0 Å². The van der Waals surface area contributed by atoms with Crippen molar-refractivity contribution >= 4 is 15.9 Å².